The first kappa shape index (κ1) is 17.2. The molecule has 1 aromatic rings. The molecular formula is C17H24ClFN2O. The zero-order valence-electron chi connectivity index (χ0n) is 12.7. The zero-order valence-corrected chi connectivity index (χ0v) is 13.6. The number of hydrogen-bond donors (Lipinski definition) is 2. The van der Waals surface area contributed by atoms with Crippen LogP contribution in [0, 0.1) is 5.82 Å². The molecule has 0 radical (unpaired) electrons. The standard InChI is InChI=1S/C17H23FN2O.ClH/c18-16-14(12-8-10-19-11-9-12)6-3-7-15(16)17(21)20-13-4-1-2-5-13;/h3,6-7,12-13,19H,1-2,4-5,8-11H2,(H,20,21);1H. The third-order valence-corrected chi connectivity index (χ3v) is 4.74. The highest BCUT2D eigenvalue weighted by Crippen LogP contribution is 2.29. The van der Waals surface area contributed by atoms with Crippen molar-refractivity contribution in [1.82, 2.24) is 10.6 Å². The fourth-order valence-electron chi connectivity index (χ4n) is 3.51. The molecule has 122 valence electrons. The Hall–Kier alpha value is -1.13. The highest BCUT2D eigenvalue weighted by molar-refractivity contribution is 5.94. The van der Waals surface area contributed by atoms with Gasteiger partial charge in [0.2, 0.25) is 0 Å². The second-order valence-electron chi connectivity index (χ2n) is 6.19. The van der Waals surface area contributed by atoms with Gasteiger partial charge in [-0.2, -0.15) is 0 Å². The van der Waals surface area contributed by atoms with Gasteiger partial charge in [0.25, 0.3) is 5.91 Å². The molecular weight excluding hydrogens is 303 g/mol. The van der Waals surface area contributed by atoms with E-state index < -0.39 is 0 Å². The number of amides is 1. The summed E-state index contributed by atoms with van der Waals surface area (Å²) in [5.41, 5.74) is 0.911. The Kier molecular flexibility index (Phi) is 6.21. The lowest BCUT2D eigenvalue weighted by Crippen LogP contribution is -2.33. The number of nitrogens with one attached hydrogen (secondary N) is 2. The Balaban J connectivity index is 0.00000176. The Morgan fingerprint density at radius 1 is 1.14 bits per heavy atom. The summed E-state index contributed by atoms with van der Waals surface area (Å²) in [6, 6.07) is 5.46. The molecule has 3 nitrogen and oxygen atoms in total. The molecule has 1 aliphatic carbocycles. The Morgan fingerprint density at radius 2 is 1.82 bits per heavy atom. The third kappa shape index (κ3) is 3.79. The lowest BCUT2D eigenvalue weighted by Gasteiger charge is -2.24. The van der Waals surface area contributed by atoms with E-state index in [1.165, 1.54) is 0 Å². The Bertz CT molecular complexity index is 511. The maximum Gasteiger partial charge on any atom is 0.254 e. The number of hydrogen-bond acceptors (Lipinski definition) is 2. The van der Waals surface area contributed by atoms with Gasteiger partial charge in [0, 0.05) is 6.04 Å². The lowest BCUT2D eigenvalue weighted by atomic mass is 9.88. The van der Waals surface area contributed by atoms with Crippen LogP contribution < -0.4 is 10.6 Å². The van der Waals surface area contributed by atoms with Gasteiger partial charge >= 0.3 is 0 Å². The van der Waals surface area contributed by atoms with E-state index >= 15 is 0 Å². The van der Waals surface area contributed by atoms with Crippen molar-refractivity contribution in [2.24, 2.45) is 0 Å². The van der Waals surface area contributed by atoms with Crippen LogP contribution >= 0.6 is 12.4 Å². The molecule has 1 aromatic carbocycles. The zero-order chi connectivity index (χ0) is 14.7. The van der Waals surface area contributed by atoms with Crippen molar-refractivity contribution in [3.05, 3.63) is 35.1 Å². The quantitative estimate of drug-likeness (QED) is 0.894. The summed E-state index contributed by atoms with van der Waals surface area (Å²) in [4.78, 5) is 12.3. The predicted octanol–water partition coefficient (Wildman–Crippen LogP) is 3.39. The number of rotatable bonds is 3. The molecule has 0 unspecified atom stereocenters. The normalized spacial score (nSPS) is 19.7. The van der Waals surface area contributed by atoms with Gasteiger partial charge in [-0.15, -0.1) is 12.4 Å². The summed E-state index contributed by atoms with van der Waals surface area (Å²) >= 11 is 0. The number of carbonyl (C=O) groups excluding carboxylic acids is 1. The van der Waals surface area contributed by atoms with Crippen molar-refractivity contribution in [3.8, 4) is 0 Å². The molecule has 1 heterocycles. The van der Waals surface area contributed by atoms with E-state index in [-0.39, 0.29) is 41.7 Å². The minimum absolute atomic E-state index is 0. The van der Waals surface area contributed by atoms with Gasteiger partial charge in [0.05, 0.1) is 5.56 Å². The van der Waals surface area contributed by atoms with Crippen LogP contribution in [0.4, 0.5) is 4.39 Å². The second-order valence-corrected chi connectivity index (χ2v) is 6.19. The van der Waals surface area contributed by atoms with Crippen molar-refractivity contribution in [2.45, 2.75) is 50.5 Å². The first-order valence-corrected chi connectivity index (χ1v) is 8.05. The van der Waals surface area contributed by atoms with Crippen LogP contribution in [0.5, 0.6) is 0 Å². The molecule has 0 bridgehead atoms. The maximum absolute atomic E-state index is 14.7. The van der Waals surface area contributed by atoms with Gasteiger partial charge in [-0.3, -0.25) is 4.79 Å². The summed E-state index contributed by atoms with van der Waals surface area (Å²) in [7, 11) is 0. The molecule has 1 saturated carbocycles. The SMILES string of the molecule is Cl.O=C(NC1CCCC1)c1cccc(C2CCNCC2)c1F. The van der Waals surface area contributed by atoms with Gasteiger partial charge in [-0.05, 0) is 56.3 Å². The molecule has 0 spiro atoms. The van der Waals surface area contributed by atoms with E-state index in [1.54, 1.807) is 6.07 Å². The summed E-state index contributed by atoms with van der Waals surface area (Å²) < 4.78 is 14.7. The first-order chi connectivity index (χ1) is 10.3. The molecule has 0 atom stereocenters. The van der Waals surface area contributed by atoms with Gasteiger partial charge in [0.15, 0.2) is 0 Å². The van der Waals surface area contributed by atoms with Crippen LogP contribution in [-0.4, -0.2) is 25.0 Å². The van der Waals surface area contributed by atoms with E-state index in [0.717, 1.165) is 51.6 Å². The van der Waals surface area contributed by atoms with Crippen molar-refractivity contribution in [3.63, 3.8) is 0 Å². The molecule has 0 aromatic heterocycles. The van der Waals surface area contributed by atoms with Crippen LogP contribution in [-0.2, 0) is 0 Å². The maximum atomic E-state index is 14.7. The molecule has 22 heavy (non-hydrogen) atoms. The fraction of sp³-hybridized carbons (Fsp3) is 0.588. The lowest BCUT2D eigenvalue weighted by molar-refractivity contribution is 0.0933. The van der Waals surface area contributed by atoms with Crippen LogP contribution in [0.25, 0.3) is 0 Å². The average Bonchev–Trinajstić information content (AvgIpc) is 3.01. The molecule has 1 aliphatic heterocycles. The molecule has 2 N–H and O–H groups in total. The van der Waals surface area contributed by atoms with Crippen LogP contribution in [0.15, 0.2) is 18.2 Å². The van der Waals surface area contributed by atoms with Crippen molar-refractivity contribution >= 4 is 18.3 Å². The minimum Gasteiger partial charge on any atom is -0.349 e. The van der Waals surface area contributed by atoms with Gasteiger partial charge in [0.1, 0.15) is 5.82 Å². The molecule has 2 aliphatic rings. The van der Waals surface area contributed by atoms with Crippen molar-refractivity contribution < 1.29 is 9.18 Å². The summed E-state index contributed by atoms with van der Waals surface area (Å²) in [5, 5.41) is 6.26. The molecule has 1 saturated heterocycles. The van der Waals surface area contributed by atoms with Crippen LogP contribution in [0.1, 0.15) is 60.4 Å². The van der Waals surface area contributed by atoms with Crippen LogP contribution in [0.2, 0.25) is 0 Å². The molecule has 3 rings (SSSR count). The van der Waals surface area contributed by atoms with Gasteiger partial charge in [-0.1, -0.05) is 25.0 Å². The van der Waals surface area contributed by atoms with E-state index in [4.69, 9.17) is 0 Å². The highest BCUT2D eigenvalue weighted by Gasteiger charge is 2.24. The largest absolute Gasteiger partial charge is 0.349 e. The Morgan fingerprint density at radius 3 is 2.50 bits per heavy atom. The average molecular weight is 327 g/mol. The van der Waals surface area contributed by atoms with E-state index in [1.807, 2.05) is 12.1 Å². The molecule has 1 amide bonds. The van der Waals surface area contributed by atoms with Gasteiger partial charge < -0.3 is 10.6 Å². The number of halogens is 2. The first-order valence-electron chi connectivity index (χ1n) is 8.05. The number of carbonyl (C=O) groups is 1. The van der Waals surface area contributed by atoms with E-state index in [9.17, 15) is 9.18 Å². The molecule has 5 heteroatoms. The summed E-state index contributed by atoms with van der Waals surface area (Å²) in [5.74, 6) is -0.347. The predicted molar refractivity (Wildman–Crippen MR) is 88.2 cm³/mol. The summed E-state index contributed by atoms with van der Waals surface area (Å²) in [6.45, 7) is 1.84. The monoisotopic (exact) mass is 326 g/mol. The summed E-state index contributed by atoms with van der Waals surface area (Å²) in [6.07, 6.45) is 6.21. The smallest absolute Gasteiger partial charge is 0.254 e. The fourth-order valence-corrected chi connectivity index (χ4v) is 3.51. The Labute approximate surface area is 137 Å². The number of benzene rings is 1. The van der Waals surface area contributed by atoms with Gasteiger partial charge in [-0.25, -0.2) is 4.39 Å². The van der Waals surface area contributed by atoms with Crippen molar-refractivity contribution in [2.75, 3.05) is 13.1 Å². The highest BCUT2D eigenvalue weighted by atomic mass is 35.5. The van der Waals surface area contributed by atoms with E-state index in [2.05, 4.69) is 10.6 Å². The second kappa shape index (κ2) is 7.93. The van der Waals surface area contributed by atoms with E-state index in [0.29, 0.717) is 5.56 Å². The topological polar surface area (TPSA) is 41.1 Å². The van der Waals surface area contributed by atoms with Crippen molar-refractivity contribution in [1.29, 1.82) is 0 Å². The number of piperidine rings is 1. The molecule has 2 fully saturated rings. The third-order valence-electron chi connectivity index (χ3n) is 4.74. The van der Waals surface area contributed by atoms with Crippen LogP contribution in [0.3, 0.4) is 0 Å². The minimum atomic E-state index is -0.320.